The van der Waals surface area contributed by atoms with Crippen molar-refractivity contribution in [1.82, 2.24) is 0 Å². The van der Waals surface area contributed by atoms with Gasteiger partial charge < -0.3 is 0 Å². The number of hydrogen-bond acceptors (Lipinski definition) is 0. The highest BCUT2D eigenvalue weighted by atomic mass is 14.2. The molecule has 0 aliphatic rings. The minimum absolute atomic E-state index is 0.299. The quantitative estimate of drug-likeness (QED) is 0.511. The standard InChI is InChI=1S/C22H24/c1-16-8-5-6-11-20(16)18-13-12-17-9-7-10-19(21(17)14-18)15-22(2,3)4/h5-14H,15H2,1-4H3. The molecule has 0 N–H and O–H groups in total. The number of fused-ring (bicyclic) bond motifs is 1. The van der Waals surface area contributed by atoms with Gasteiger partial charge in [-0.2, -0.15) is 0 Å². The molecule has 3 aromatic carbocycles. The molecule has 0 heteroatoms. The van der Waals surface area contributed by atoms with Crippen LogP contribution in [0.15, 0.2) is 60.7 Å². The van der Waals surface area contributed by atoms with Crippen molar-refractivity contribution < 1.29 is 0 Å². The van der Waals surface area contributed by atoms with Crippen LogP contribution in [0.4, 0.5) is 0 Å². The topological polar surface area (TPSA) is 0 Å². The molecule has 22 heavy (non-hydrogen) atoms. The summed E-state index contributed by atoms with van der Waals surface area (Å²) in [6, 6.07) is 22.1. The second-order valence-corrected chi connectivity index (χ2v) is 7.41. The van der Waals surface area contributed by atoms with E-state index in [2.05, 4.69) is 88.4 Å². The van der Waals surface area contributed by atoms with E-state index in [-0.39, 0.29) is 0 Å². The summed E-state index contributed by atoms with van der Waals surface area (Å²) in [5, 5.41) is 2.72. The predicted octanol–water partition coefficient (Wildman–Crippen LogP) is 6.40. The summed E-state index contributed by atoms with van der Waals surface area (Å²) in [4.78, 5) is 0. The highest BCUT2D eigenvalue weighted by Crippen LogP contribution is 2.31. The van der Waals surface area contributed by atoms with Gasteiger partial charge in [0.15, 0.2) is 0 Å². The summed E-state index contributed by atoms with van der Waals surface area (Å²) in [6.07, 6.45) is 1.10. The Balaban J connectivity index is 2.16. The van der Waals surface area contributed by atoms with Crippen LogP contribution in [-0.4, -0.2) is 0 Å². The molecule has 0 spiro atoms. The highest BCUT2D eigenvalue weighted by Gasteiger charge is 2.13. The molecule has 0 nitrogen and oxygen atoms in total. The van der Waals surface area contributed by atoms with Gasteiger partial charge in [-0.3, -0.25) is 0 Å². The van der Waals surface area contributed by atoms with E-state index in [4.69, 9.17) is 0 Å². The maximum absolute atomic E-state index is 2.36. The Bertz CT molecular complexity index is 804. The molecule has 0 bridgehead atoms. The lowest BCUT2D eigenvalue weighted by Crippen LogP contribution is -2.09. The van der Waals surface area contributed by atoms with Crippen molar-refractivity contribution in [2.45, 2.75) is 34.1 Å². The molecular weight excluding hydrogens is 264 g/mol. The normalized spacial score (nSPS) is 11.8. The van der Waals surface area contributed by atoms with Crippen molar-refractivity contribution >= 4 is 10.8 Å². The third kappa shape index (κ3) is 3.06. The molecule has 0 saturated heterocycles. The minimum Gasteiger partial charge on any atom is -0.0620 e. The number of rotatable bonds is 2. The Hall–Kier alpha value is -2.08. The lowest BCUT2D eigenvalue weighted by atomic mass is 9.85. The summed E-state index contributed by atoms with van der Waals surface area (Å²) in [7, 11) is 0. The molecule has 3 rings (SSSR count). The van der Waals surface area contributed by atoms with Crippen LogP contribution < -0.4 is 0 Å². The van der Waals surface area contributed by atoms with E-state index in [0.29, 0.717) is 5.41 Å². The first-order valence-electron chi connectivity index (χ1n) is 8.02. The van der Waals surface area contributed by atoms with Gasteiger partial charge in [-0.1, -0.05) is 75.4 Å². The van der Waals surface area contributed by atoms with Crippen LogP contribution in [0.1, 0.15) is 31.9 Å². The fourth-order valence-corrected chi connectivity index (χ4v) is 3.13. The molecule has 0 aliphatic heterocycles. The molecule has 0 radical (unpaired) electrons. The van der Waals surface area contributed by atoms with Gasteiger partial charge in [0, 0.05) is 0 Å². The van der Waals surface area contributed by atoms with Crippen LogP contribution in [0.2, 0.25) is 0 Å². The summed E-state index contributed by atoms with van der Waals surface area (Å²) >= 11 is 0. The molecule has 0 atom stereocenters. The van der Waals surface area contributed by atoms with Crippen LogP contribution in [0.25, 0.3) is 21.9 Å². The van der Waals surface area contributed by atoms with Crippen molar-refractivity contribution in [3.8, 4) is 11.1 Å². The van der Waals surface area contributed by atoms with Crippen LogP contribution in [0, 0.1) is 12.3 Å². The van der Waals surface area contributed by atoms with Gasteiger partial charge in [-0.15, -0.1) is 0 Å². The molecule has 0 saturated carbocycles. The van der Waals surface area contributed by atoms with Gasteiger partial charge in [-0.05, 0) is 57.9 Å². The first kappa shape index (κ1) is 14.8. The molecule has 0 fully saturated rings. The van der Waals surface area contributed by atoms with E-state index in [1.165, 1.54) is 33.0 Å². The molecular formula is C22H24. The lowest BCUT2D eigenvalue weighted by molar-refractivity contribution is 0.412. The van der Waals surface area contributed by atoms with Crippen LogP contribution in [0.3, 0.4) is 0 Å². The number of benzene rings is 3. The lowest BCUT2D eigenvalue weighted by Gasteiger charge is -2.20. The zero-order chi connectivity index (χ0) is 15.7. The van der Waals surface area contributed by atoms with E-state index in [1.807, 2.05) is 0 Å². The molecule has 0 amide bonds. The van der Waals surface area contributed by atoms with E-state index in [9.17, 15) is 0 Å². The van der Waals surface area contributed by atoms with Crippen molar-refractivity contribution in [2.24, 2.45) is 5.41 Å². The van der Waals surface area contributed by atoms with Crippen molar-refractivity contribution in [2.75, 3.05) is 0 Å². The smallest absolute Gasteiger partial charge is 0.0146 e. The van der Waals surface area contributed by atoms with Gasteiger partial charge in [0.05, 0.1) is 0 Å². The fourth-order valence-electron chi connectivity index (χ4n) is 3.13. The Morgan fingerprint density at radius 3 is 2.32 bits per heavy atom. The monoisotopic (exact) mass is 288 g/mol. The van der Waals surface area contributed by atoms with Gasteiger partial charge in [0.1, 0.15) is 0 Å². The van der Waals surface area contributed by atoms with Gasteiger partial charge >= 0.3 is 0 Å². The Morgan fingerprint density at radius 2 is 1.59 bits per heavy atom. The summed E-state index contributed by atoms with van der Waals surface area (Å²) in [5.74, 6) is 0. The third-order valence-electron chi connectivity index (χ3n) is 4.15. The fraction of sp³-hybridized carbons (Fsp3) is 0.273. The van der Waals surface area contributed by atoms with Gasteiger partial charge in [0.2, 0.25) is 0 Å². The minimum atomic E-state index is 0.299. The molecule has 0 aromatic heterocycles. The zero-order valence-corrected chi connectivity index (χ0v) is 14.0. The Labute approximate surface area is 133 Å². The summed E-state index contributed by atoms with van der Waals surface area (Å²) < 4.78 is 0. The van der Waals surface area contributed by atoms with Crippen LogP contribution in [0.5, 0.6) is 0 Å². The molecule has 3 aromatic rings. The van der Waals surface area contributed by atoms with E-state index in [0.717, 1.165) is 6.42 Å². The predicted molar refractivity (Wildman–Crippen MR) is 97.3 cm³/mol. The molecule has 0 aliphatic carbocycles. The Morgan fingerprint density at radius 1 is 0.818 bits per heavy atom. The second-order valence-electron chi connectivity index (χ2n) is 7.41. The van der Waals surface area contributed by atoms with Gasteiger partial charge in [-0.25, -0.2) is 0 Å². The summed E-state index contributed by atoms with van der Waals surface area (Å²) in [5.41, 5.74) is 5.71. The highest BCUT2D eigenvalue weighted by molar-refractivity contribution is 5.90. The average molecular weight is 288 g/mol. The van der Waals surface area contributed by atoms with E-state index < -0.39 is 0 Å². The molecule has 112 valence electrons. The third-order valence-corrected chi connectivity index (χ3v) is 4.15. The first-order chi connectivity index (χ1) is 10.4. The van der Waals surface area contributed by atoms with Crippen molar-refractivity contribution in [1.29, 1.82) is 0 Å². The van der Waals surface area contributed by atoms with Gasteiger partial charge in [0.25, 0.3) is 0 Å². The number of aryl methyl sites for hydroxylation is 1. The largest absolute Gasteiger partial charge is 0.0620 e. The van der Waals surface area contributed by atoms with E-state index >= 15 is 0 Å². The Kier molecular flexibility index (Phi) is 3.78. The molecule has 0 heterocycles. The van der Waals surface area contributed by atoms with E-state index in [1.54, 1.807) is 0 Å². The SMILES string of the molecule is Cc1ccccc1-c1ccc2cccc(CC(C)(C)C)c2c1. The maximum Gasteiger partial charge on any atom is -0.0146 e. The average Bonchev–Trinajstić information content (AvgIpc) is 2.46. The maximum atomic E-state index is 2.36. The summed E-state index contributed by atoms with van der Waals surface area (Å²) in [6.45, 7) is 9.09. The number of hydrogen-bond donors (Lipinski definition) is 0. The van der Waals surface area contributed by atoms with Crippen molar-refractivity contribution in [3.05, 3.63) is 71.8 Å². The first-order valence-corrected chi connectivity index (χ1v) is 8.02. The zero-order valence-electron chi connectivity index (χ0n) is 14.0. The van der Waals surface area contributed by atoms with Crippen LogP contribution >= 0.6 is 0 Å². The van der Waals surface area contributed by atoms with Crippen molar-refractivity contribution in [3.63, 3.8) is 0 Å². The second kappa shape index (κ2) is 5.61. The molecule has 0 unspecified atom stereocenters. The van der Waals surface area contributed by atoms with Crippen LogP contribution in [-0.2, 0) is 6.42 Å².